The van der Waals surface area contributed by atoms with E-state index in [2.05, 4.69) is 27.0 Å². The Bertz CT molecular complexity index is 1150. The van der Waals surface area contributed by atoms with Crippen molar-refractivity contribution in [1.82, 2.24) is 30.5 Å². The molecular weight excluding hydrogens is 586 g/mol. The van der Waals surface area contributed by atoms with Crippen LogP contribution in [0.4, 0.5) is 0 Å². The van der Waals surface area contributed by atoms with Gasteiger partial charge in [-0.05, 0) is 63.2 Å². The molecule has 3 unspecified atom stereocenters. The second-order valence-electron chi connectivity index (χ2n) is 13.5. The van der Waals surface area contributed by atoms with Gasteiger partial charge in [0.05, 0.1) is 63.0 Å². The van der Waals surface area contributed by atoms with Gasteiger partial charge < -0.3 is 50.5 Å². The molecule has 252 valence electrons. The van der Waals surface area contributed by atoms with Crippen LogP contribution in [-0.4, -0.2) is 139 Å². The molecule has 1 saturated heterocycles. The molecule has 2 heterocycles. The van der Waals surface area contributed by atoms with Crippen LogP contribution in [0.1, 0.15) is 57.1 Å². The van der Waals surface area contributed by atoms with Gasteiger partial charge in [0.2, 0.25) is 5.91 Å². The molecule has 1 aromatic heterocycles. The second kappa shape index (κ2) is 15.1. The van der Waals surface area contributed by atoms with Crippen molar-refractivity contribution < 1.29 is 39.8 Å². The Labute approximate surface area is 263 Å². The summed E-state index contributed by atoms with van der Waals surface area (Å²) < 4.78 is 14.0. The minimum absolute atomic E-state index is 0.0279. The van der Waals surface area contributed by atoms with Crippen molar-refractivity contribution in [3.63, 3.8) is 0 Å². The van der Waals surface area contributed by atoms with E-state index in [0.717, 1.165) is 44.9 Å². The summed E-state index contributed by atoms with van der Waals surface area (Å²) in [6, 6.07) is 1.97. The third-order valence-corrected chi connectivity index (χ3v) is 10.0. The van der Waals surface area contributed by atoms with E-state index in [1.54, 1.807) is 15.8 Å². The number of nitrogens with one attached hydrogen (secondary N) is 2. The summed E-state index contributed by atoms with van der Waals surface area (Å²) >= 11 is 0. The Morgan fingerprint density at radius 1 is 1.11 bits per heavy atom. The molecule has 4 saturated carbocycles. The maximum atomic E-state index is 12.9. The van der Waals surface area contributed by atoms with Crippen molar-refractivity contribution in [2.45, 2.75) is 106 Å². The van der Waals surface area contributed by atoms with Crippen molar-refractivity contribution in [1.29, 1.82) is 5.26 Å². The quantitative estimate of drug-likeness (QED) is 0.0872. The van der Waals surface area contributed by atoms with E-state index >= 15 is 0 Å². The van der Waals surface area contributed by atoms with Crippen molar-refractivity contribution >= 4 is 5.91 Å². The number of amides is 1. The van der Waals surface area contributed by atoms with E-state index in [9.17, 15) is 30.5 Å². The van der Waals surface area contributed by atoms with Gasteiger partial charge in [-0.3, -0.25) is 4.79 Å². The Balaban J connectivity index is 0.985. The number of nitriles is 1. The van der Waals surface area contributed by atoms with Crippen LogP contribution in [0.15, 0.2) is 6.20 Å². The van der Waals surface area contributed by atoms with Crippen molar-refractivity contribution in [3.05, 3.63) is 11.9 Å². The maximum Gasteiger partial charge on any atom is 0.237 e. The third kappa shape index (κ3) is 8.37. The van der Waals surface area contributed by atoms with Crippen LogP contribution in [0.3, 0.4) is 0 Å². The molecule has 15 heteroatoms. The van der Waals surface area contributed by atoms with Gasteiger partial charge >= 0.3 is 0 Å². The van der Waals surface area contributed by atoms with Crippen LogP contribution >= 0.6 is 0 Å². The molecule has 9 atom stereocenters. The molecule has 1 aliphatic heterocycles. The largest absolute Gasteiger partial charge is 0.394 e. The Morgan fingerprint density at radius 2 is 1.87 bits per heavy atom. The molecule has 0 spiro atoms. The number of nitrogens with zero attached hydrogens (tertiary/aromatic N) is 5. The fourth-order valence-electron chi connectivity index (χ4n) is 8.26. The monoisotopic (exact) mass is 635 g/mol. The third-order valence-electron chi connectivity index (χ3n) is 10.0. The molecule has 7 N–H and O–H groups in total. The fraction of sp³-hybridized carbons (Fsp3) is 0.867. The average Bonchev–Trinajstić information content (AvgIpc) is 3.69. The molecule has 1 aromatic rings. The van der Waals surface area contributed by atoms with Crippen molar-refractivity contribution in [2.75, 3.05) is 46.1 Å². The summed E-state index contributed by atoms with van der Waals surface area (Å²) in [5.74, 6) is 1.23. The zero-order chi connectivity index (χ0) is 32.0. The zero-order valence-electron chi connectivity index (χ0n) is 25.8. The van der Waals surface area contributed by atoms with E-state index in [0.29, 0.717) is 50.4 Å². The number of aliphatic hydroxyl groups excluding tert-OH is 5. The zero-order valence-corrected chi connectivity index (χ0v) is 25.8. The Kier molecular flexibility index (Phi) is 11.4. The lowest BCUT2D eigenvalue weighted by molar-refractivity contribution is -0.182. The van der Waals surface area contributed by atoms with Gasteiger partial charge in [0.15, 0.2) is 0 Å². The number of carbonyl (C=O) groups is 1. The summed E-state index contributed by atoms with van der Waals surface area (Å²) in [6.07, 6.45) is 3.63. The first-order valence-electron chi connectivity index (χ1n) is 16.2. The van der Waals surface area contributed by atoms with E-state index < -0.39 is 31.0 Å². The van der Waals surface area contributed by atoms with Gasteiger partial charge in [0.1, 0.15) is 24.4 Å². The number of aromatic nitrogens is 3. The smallest absolute Gasteiger partial charge is 0.237 e. The number of rotatable bonds is 18. The van der Waals surface area contributed by atoms with Gasteiger partial charge in [0, 0.05) is 31.4 Å². The number of likely N-dealkylation sites (tertiary alicyclic amines) is 1. The second-order valence-corrected chi connectivity index (χ2v) is 13.5. The fourth-order valence-corrected chi connectivity index (χ4v) is 8.26. The van der Waals surface area contributed by atoms with Gasteiger partial charge in [-0.2, -0.15) is 5.26 Å². The van der Waals surface area contributed by atoms with Crippen LogP contribution in [0.5, 0.6) is 0 Å². The highest BCUT2D eigenvalue weighted by atomic mass is 16.5. The number of hydrogen-bond acceptors (Lipinski definition) is 13. The highest BCUT2D eigenvalue weighted by molar-refractivity contribution is 5.79. The van der Waals surface area contributed by atoms with Crippen molar-refractivity contribution in [2.24, 2.45) is 11.8 Å². The molecule has 15 nitrogen and oxygen atoms in total. The van der Waals surface area contributed by atoms with Crippen LogP contribution < -0.4 is 10.6 Å². The van der Waals surface area contributed by atoms with E-state index in [4.69, 9.17) is 14.6 Å². The standard InChI is InChI=1S/C30H49N7O8/c31-13-23-2-1-3-37(23)26(41)16-33-29-9-20-8-21(10-29)12-30(11-20,19-29)45-7-6-44-5-4-36-17-22(34-35-36)14-32-15-24(39)27(42)28(43)25(40)18-38/h17,20-21,23-25,27-28,32-33,38-40,42-43H,1-12,14-16,18-19H2/t20-,21?,23-,24-,25+,27+,28+,29?,30?/m0/s1. The van der Waals surface area contributed by atoms with E-state index in [-0.39, 0.29) is 42.7 Å². The first-order chi connectivity index (χ1) is 21.6. The molecule has 1 amide bonds. The Hall–Kier alpha value is -2.26. The summed E-state index contributed by atoms with van der Waals surface area (Å²) in [4.78, 5) is 14.6. The molecule has 5 aliphatic rings. The summed E-state index contributed by atoms with van der Waals surface area (Å²) in [6.45, 7) is 2.31. The maximum absolute atomic E-state index is 12.9. The van der Waals surface area contributed by atoms with Gasteiger partial charge in [0.25, 0.3) is 0 Å². The molecule has 45 heavy (non-hydrogen) atoms. The highest BCUT2D eigenvalue weighted by Gasteiger charge is 2.58. The summed E-state index contributed by atoms with van der Waals surface area (Å²) in [5, 5.41) is 72.0. The van der Waals surface area contributed by atoms with Gasteiger partial charge in [-0.1, -0.05) is 5.21 Å². The van der Waals surface area contributed by atoms with Crippen LogP contribution in [0.25, 0.3) is 0 Å². The minimum Gasteiger partial charge on any atom is -0.394 e. The molecule has 6 rings (SSSR count). The lowest BCUT2D eigenvalue weighted by Gasteiger charge is -2.62. The molecule has 4 bridgehead atoms. The number of ether oxygens (including phenoxy) is 2. The van der Waals surface area contributed by atoms with Crippen LogP contribution in [0.2, 0.25) is 0 Å². The summed E-state index contributed by atoms with van der Waals surface area (Å²) in [5.41, 5.74) is 0.358. The normalized spacial score (nSPS) is 31.6. The first-order valence-corrected chi connectivity index (χ1v) is 16.2. The molecule has 0 radical (unpaired) electrons. The molecular formula is C30H49N7O8. The highest BCUT2D eigenvalue weighted by Crippen LogP contribution is 2.58. The summed E-state index contributed by atoms with van der Waals surface area (Å²) in [7, 11) is 0. The predicted molar refractivity (Wildman–Crippen MR) is 158 cm³/mol. The molecule has 4 aliphatic carbocycles. The lowest BCUT2D eigenvalue weighted by Crippen LogP contribution is -2.66. The van der Waals surface area contributed by atoms with E-state index in [1.165, 1.54) is 6.42 Å². The van der Waals surface area contributed by atoms with Crippen LogP contribution in [-0.2, 0) is 27.4 Å². The first kappa shape index (κ1) is 34.1. The lowest BCUT2D eigenvalue weighted by atomic mass is 9.51. The number of aliphatic hydroxyl groups is 5. The van der Waals surface area contributed by atoms with Crippen LogP contribution in [0, 0.1) is 23.2 Å². The Morgan fingerprint density at radius 3 is 2.60 bits per heavy atom. The number of carbonyl (C=O) groups excluding carboxylic acids is 1. The molecule has 5 fully saturated rings. The number of hydrogen-bond donors (Lipinski definition) is 7. The minimum atomic E-state index is -1.67. The molecule has 0 aromatic carbocycles. The SMILES string of the molecule is N#C[C@@H]1CCCN1C(=O)CNC12CC3C[C@@H](C1)CC(OCCOCCn1cc(CNC[C@H](O)[C@@H](O)[C@H](O)[C@H](O)CO)nn1)(C3)C2. The topological polar surface area (TPSA) is 218 Å². The van der Waals surface area contributed by atoms with Gasteiger partial charge in [-0.15, -0.1) is 5.10 Å². The predicted octanol–water partition coefficient (Wildman–Crippen LogP) is -1.97. The van der Waals surface area contributed by atoms with Crippen molar-refractivity contribution in [3.8, 4) is 6.07 Å². The van der Waals surface area contributed by atoms with Gasteiger partial charge in [-0.25, -0.2) is 4.68 Å². The average molecular weight is 636 g/mol. The van der Waals surface area contributed by atoms with E-state index in [1.807, 2.05) is 0 Å².